The smallest absolute Gasteiger partial charge is 0.341 e. The Morgan fingerprint density at radius 3 is 2.63 bits per heavy atom. The molecule has 0 aliphatic heterocycles. The third-order valence-electron chi connectivity index (χ3n) is 7.22. The van der Waals surface area contributed by atoms with Gasteiger partial charge in [0.25, 0.3) is 0 Å². The lowest BCUT2D eigenvalue weighted by Crippen LogP contribution is -2.28. The van der Waals surface area contributed by atoms with Gasteiger partial charge in [-0.25, -0.2) is 14.6 Å². The van der Waals surface area contributed by atoms with E-state index < -0.39 is 11.9 Å². The number of allylic oxidation sites excluding steroid dienone is 1. The number of hydrogen-bond acceptors (Lipinski definition) is 7. The first-order valence-electron chi connectivity index (χ1n) is 12.7. The number of esters is 2. The number of hydrogen-bond donors (Lipinski definition) is 0. The van der Waals surface area contributed by atoms with Gasteiger partial charge in [0.15, 0.2) is 0 Å². The molecule has 0 fully saturated rings. The largest absolute Gasteiger partial charge is 0.465 e. The van der Waals surface area contributed by atoms with Gasteiger partial charge in [0.1, 0.15) is 23.7 Å². The predicted molar refractivity (Wildman–Crippen MR) is 149 cm³/mol. The summed E-state index contributed by atoms with van der Waals surface area (Å²) in [4.78, 5) is 32.0. The highest BCUT2D eigenvalue weighted by Crippen LogP contribution is 2.45. The number of aryl methyl sites for hydroxylation is 1. The molecule has 38 heavy (non-hydrogen) atoms. The maximum absolute atomic E-state index is 13.8. The monoisotopic (exact) mass is 529 g/mol. The minimum Gasteiger partial charge on any atom is -0.465 e. The Morgan fingerprint density at radius 1 is 1.13 bits per heavy atom. The Kier molecular flexibility index (Phi) is 6.97. The molecule has 1 aliphatic carbocycles. The van der Waals surface area contributed by atoms with Gasteiger partial charge in [-0.3, -0.25) is 0 Å². The van der Waals surface area contributed by atoms with Gasteiger partial charge in [-0.2, -0.15) is 0 Å². The van der Waals surface area contributed by atoms with E-state index >= 15 is 0 Å². The van der Waals surface area contributed by atoms with Crippen LogP contribution in [0.25, 0.3) is 22.6 Å². The highest BCUT2D eigenvalue weighted by molar-refractivity contribution is 7.10. The number of fused-ring (bicyclic) bond motifs is 2. The normalized spacial score (nSPS) is 16.4. The Balaban J connectivity index is 1.59. The number of nitrogens with zero attached hydrogens (tertiary/aromatic N) is 1. The number of thiophene rings is 1. The summed E-state index contributed by atoms with van der Waals surface area (Å²) >= 11 is 1.69. The summed E-state index contributed by atoms with van der Waals surface area (Å²) in [5.74, 6) is 0.210. The molecular formula is C31H31NO5S. The molecule has 0 unspecified atom stereocenters. The zero-order valence-electron chi connectivity index (χ0n) is 22.3. The topological polar surface area (TPSA) is 78.6 Å². The molecule has 6 nitrogen and oxygen atoms in total. The average molecular weight is 530 g/mol. The van der Waals surface area contributed by atoms with Crippen LogP contribution in [0.15, 0.2) is 52.3 Å². The van der Waals surface area contributed by atoms with Crippen molar-refractivity contribution in [3.63, 3.8) is 0 Å². The molecule has 1 aliphatic rings. The number of rotatable bonds is 5. The molecule has 196 valence electrons. The highest BCUT2D eigenvalue weighted by atomic mass is 32.1. The van der Waals surface area contributed by atoms with Crippen molar-refractivity contribution in [3.05, 3.63) is 86.6 Å². The van der Waals surface area contributed by atoms with Crippen LogP contribution in [0.5, 0.6) is 0 Å². The second kappa shape index (κ2) is 10.2. The van der Waals surface area contributed by atoms with Crippen LogP contribution in [0.4, 0.5) is 0 Å². The first kappa shape index (κ1) is 25.9. The minimum atomic E-state index is -0.490. The van der Waals surface area contributed by atoms with Crippen LogP contribution in [-0.4, -0.2) is 24.0 Å². The van der Waals surface area contributed by atoms with Gasteiger partial charge in [0.05, 0.1) is 23.9 Å². The van der Waals surface area contributed by atoms with Gasteiger partial charge in [-0.1, -0.05) is 45.0 Å². The van der Waals surface area contributed by atoms with Crippen molar-refractivity contribution in [1.29, 1.82) is 0 Å². The molecule has 0 amide bonds. The second-order valence-electron chi connectivity index (χ2n) is 10.7. The lowest BCUT2D eigenvalue weighted by atomic mass is 9.69. The number of benzene rings is 1. The highest BCUT2D eigenvalue weighted by Gasteiger charge is 2.35. The van der Waals surface area contributed by atoms with Crippen LogP contribution in [0.2, 0.25) is 0 Å². The van der Waals surface area contributed by atoms with E-state index in [-0.39, 0.29) is 12.0 Å². The van der Waals surface area contributed by atoms with E-state index in [9.17, 15) is 9.59 Å². The van der Waals surface area contributed by atoms with Crippen molar-refractivity contribution >= 4 is 45.8 Å². The minimum absolute atomic E-state index is 0.0367. The van der Waals surface area contributed by atoms with Crippen LogP contribution in [-0.2, 0) is 22.5 Å². The molecule has 3 heterocycles. The van der Waals surface area contributed by atoms with Crippen LogP contribution in [0.1, 0.15) is 75.6 Å². The molecular weight excluding hydrogens is 498 g/mol. The van der Waals surface area contributed by atoms with E-state index in [4.69, 9.17) is 18.9 Å². The number of pyridine rings is 1. The Morgan fingerprint density at radius 2 is 1.92 bits per heavy atom. The van der Waals surface area contributed by atoms with Gasteiger partial charge in [-0.15, -0.1) is 11.3 Å². The standard InChI is InChI=1S/C31H31NO5S/c1-18-24(29(33)35-5)16-21(37-18)17-36-30(34)27-23-10-6-7-11-26(23)32-28-19(14-22-9-8-12-38-22)13-20(15-25(27)28)31(2,3)4/h6-12,14,16,20H,13,15,17H2,1-5H3/b19-14-/t20-/m1/s1. The number of para-hydroxylation sites is 1. The molecule has 1 atom stereocenters. The zero-order valence-corrected chi connectivity index (χ0v) is 23.1. The van der Waals surface area contributed by atoms with E-state index in [0.29, 0.717) is 28.6 Å². The van der Waals surface area contributed by atoms with Crippen LogP contribution >= 0.6 is 11.3 Å². The number of furan rings is 1. The summed E-state index contributed by atoms with van der Waals surface area (Å²) < 4.78 is 16.3. The fourth-order valence-electron chi connectivity index (χ4n) is 5.05. The molecule has 0 radical (unpaired) electrons. The summed E-state index contributed by atoms with van der Waals surface area (Å²) in [6, 6.07) is 13.4. The maximum Gasteiger partial charge on any atom is 0.341 e. The van der Waals surface area contributed by atoms with Gasteiger partial charge >= 0.3 is 11.9 Å². The lowest BCUT2D eigenvalue weighted by molar-refractivity contribution is 0.0443. The van der Waals surface area contributed by atoms with Crippen molar-refractivity contribution < 1.29 is 23.5 Å². The molecule has 0 saturated heterocycles. The van der Waals surface area contributed by atoms with Crippen molar-refractivity contribution in [2.45, 2.75) is 47.1 Å². The summed E-state index contributed by atoms with van der Waals surface area (Å²) in [5, 5.41) is 2.84. The first-order valence-corrected chi connectivity index (χ1v) is 13.5. The zero-order chi connectivity index (χ0) is 27.0. The maximum atomic E-state index is 13.8. The van der Waals surface area contributed by atoms with Crippen molar-refractivity contribution in [2.75, 3.05) is 7.11 Å². The van der Waals surface area contributed by atoms with Crippen molar-refractivity contribution in [3.8, 4) is 0 Å². The average Bonchev–Trinajstić information content (AvgIpc) is 3.54. The molecule has 4 aromatic rings. The molecule has 5 rings (SSSR count). The fourth-order valence-corrected chi connectivity index (χ4v) is 5.73. The van der Waals surface area contributed by atoms with Gasteiger partial charge in [-0.05, 0) is 71.9 Å². The Labute approximate surface area is 226 Å². The molecule has 0 bridgehead atoms. The van der Waals surface area contributed by atoms with Crippen molar-refractivity contribution in [1.82, 2.24) is 4.98 Å². The van der Waals surface area contributed by atoms with E-state index in [1.807, 2.05) is 30.3 Å². The molecule has 0 saturated carbocycles. The number of methoxy groups -OCH3 is 1. The Bertz CT molecular complexity index is 1540. The number of carbonyl (C=O) groups is 2. The first-order chi connectivity index (χ1) is 18.2. The van der Waals surface area contributed by atoms with Gasteiger partial charge < -0.3 is 13.9 Å². The van der Waals surface area contributed by atoms with Crippen LogP contribution in [0, 0.1) is 18.3 Å². The molecule has 1 aromatic carbocycles. The van der Waals surface area contributed by atoms with Crippen molar-refractivity contribution in [2.24, 2.45) is 11.3 Å². The number of aromatic nitrogens is 1. The second-order valence-corrected chi connectivity index (χ2v) is 11.7. The summed E-state index contributed by atoms with van der Waals surface area (Å²) in [7, 11) is 1.32. The van der Waals surface area contributed by atoms with E-state index in [1.54, 1.807) is 24.3 Å². The summed E-state index contributed by atoms with van der Waals surface area (Å²) in [5.41, 5.74) is 4.59. The van der Waals surface area contributed by atoms with E-state index in [1.165, 1.54) is 7.11 Å². The summed E-state index contributed by atoms with van der Waals surface area (Å²) in [6.45, 7) is 8.32. The molecule has 7 heteroatoms. The fraction of sp³-hybridized carbons (Fsp3) is 0.323. The number of carbonyl (C=O) groups excluding carboxylic acids is 2. The third-order valence-corrected chi connectivity index (χ3v) is 8.04. The number of ether oxygens (including phenoxy) is 2. The quantitative estimate of drug-likeness (QED) is 0.249. The van der Waals surface area contributed by atoms with E-state index in [0.717, 1.165) is 45.5 Å². The predicted octanol–water partition coefficient (Wildman–Crippen LogP) is 7.49. The lowest BCUT2D eigenvalue weighted by Gasteiger charge is -2.36. The van der Waals surface area contributed by atoms with Crippen LogP contribution < -0.4 is 0 Å². The summed E-state index contributed by atoms with van der Waals surface area (Å²) in [6.07, 6.45) is 3.82. The Hall–Kier alpha value is -3.71. The SMILES string of the molecule is COC(=O)c1cc(COC(=O)c2c3c(nc4ccccc24)/C(=C\c2cccs2)C[C@@H](C(C)(C)C)C3)oc1C. The van der Waals surface area contributed by atoms with Gasteiger partial charge in [0.2, 0.25) is 0 Å². The molecule has 3 aromatic heterocycles. The van der Waals surface area contributed by atoms with Gasteiger partial charge in [0, 0.05) is 10.3 Å². The molecule has 0 spiro atoms. The van der Waals surface area contributed by atoms with E-state index in [2.05, 4.69) is 38.3 Å². The van der Waals surface area contributed by atoms with Crippen LogP contribution in [0.3, 0.4) is 0 Å². The third kappa shape index (κ3) is 5.03. The molecule has 0 N–H and O–H groups in total.